The normalized spacial score (nSPS) is 25.6. The summed E-state index contributed by atoms with van der Waals surface area (Å²) >= 11 is 0. The van der Waals surface area contributed by atoms with Gasteiger partial charge < -0.3 is 16.0 Å². The van der Waals surface area contributed by atoms with Crippen LogP contribution in [0.25, 0.3) is 0 Å². The molecule has 1 amide bonds. The highest BCUT2D eigenvalue weighted by atomic mass is 16.2. The Morgan fingerprint density at radius 1 is 1.25 bits per heavy atom. The van der Waals surface area contributed by atoms with E-state index in [1.165, 1.54) is 12.8 Å². The van der Waals surface area contributed by atoms with Gasteiger partial charge in [0.2, 0.25) is 5.91 Å². The van der Waals surface area contributed by atoms with Crippen LogP contribution in [0.4, 0.5) is 0 Å². The van der Waals surface area contributed by atoms with Gasteiger partial charge in [-0.2, -0.15) is 0 Å². The highest BCUT2D eigenvalue weighted by molar-refractivity contribution is 5.78. The Balaban J connectivity index is 1.67. The molecule has 5 nitrogen and oxygen atoms in total. The topological polar surface area (TPSA) is 61.6 Å². The number of carbonyl (C=O) groups excluding carboxylic acids is 1. The Labute approximate surface area is 122 Å². The number of piperidine rings is 2. The third kappa shape index (κ3) is 4.72. The fraction of sp³-hybridized carbons (Fsp3) is 0.933. The number of carbonyl (C=O) groups is 1. The van der Waals surface area contributed by atoms with Crippen molar-refractivity contribution < 1.29 is 4.79 Å². The molecule has 3 N–H and O–H groups in total. The predicted octanol–water partition coefficient (Wildman–Crippen LogP) is 0.258. The molecule has 116 valence electrons. The molecule has 2 fully saturated rings. The van der Waals surface area contributed by atoms with E-state index in [9.17, 15) is 4.79 Å². The maximum Gasteiger partial charge on any atom is 0.234 e. The summed E-state index contributed by atoms with van der Waals surface area (Å²) in [6.07, 6.45) is 4.36. The van der Waals surface area contributed by atoms with Crippen molar-refractivity contribution >= 4 is 5.91 Å². The Morgan fingerprint density at radius 3 is 2.45 bits per heavy atom. The maximum atomic E-state index is 12.0. The second-order valence-electron chi connectivity index (χ2n) is 7.00. The van der Waals surface area contributed by atoms with Gasteiger partial charge in [0.1, 0.15) is 0 Å². The summed E-state index contributed by atoms with van der Waals surface area (Å²) in [6.45, 7) is 7.82. The molecule has 0 atom stereocenters. The van der Waals surface area contributed by atoms with Crippen LogP contribution in [0.1, 0.15) is 32.6 Å². The van der Waals surface area contributed by atoms with E-state index in [0.29, 0.717) is 12.6 Å². The van der Waals surface area contributed by atoms with Gasteiger partial charge in [-0.05, 0) is 51.2 Å². The smallest absolute Gasteiger partial charge is 0.234 e. The molecule has 0 bridgehead atoms. The molecule has 0 aromatic carbocycles. The van der Waals surface area contributed by atoms with E-state index in [0.717, 1.165) is 45.6 Å². The zero-order valence-electron chi connectivity index (χ0n) is 13.0. The number of nitrogens with two attached hydrogens (primary N) is 1. The highest BCUT2D eigenvalue weighted by Crippen LogP contribution is 2.29. The molecule has 0 aromatic heterocycles. The minimum atomic E-state index is 0.167. The Hall–Kier alpha value is -0.650. The van der Waals surface area contributed by atoms with Crippen molar-refractivity contribution in [3.8, 4) is 0 Å². The minimum absolute atomic E-state index is 0.167. The first-order chi connectivity index (χ1) is 9.47. The SMILES string of the molecule is CN1CCC(C)(CNC(=O)CN2CCC(N)CC2)CC1. The Morgan fingerprint density at radius 2 is 1.85 bits per heavy atom. The Kier molecular flexibility index (Phi) is 5.41. The van der Waals surface area contributed by atoms with Crippen molar-refractivity contribution in [3.05, 3.63) is 0 Å². The lowest BCUT2D eigenvalue weighted by atomic mass is 9.80. The van der Waals surface area contributed by atoms with Crippen LogP contribution in [-0.2, 0) is 4.79 Å². The lowest BCUT2D eigenvalue weighted by Crippen LogP contribution is -2.47. The molecule has 2 aliphatic rings. The summed E-state index contributed by atoms with van der Waals surface area (Å²) in [5.74, 6) is 0.167. The van der Waals surface area contributed by atoms with E-state index >= 15 is 0 Å². The van der Waals surface area contributed by atoms with Crippen molar-refractivity contribution in [1.82, 2.24) is 15.1 Å². The summed E-state index contributed by atoms with van der Waals surface area (Å²) in [5.41, 5.74) is 6.15. The van der Waals surface area contributed by atoms with Crippen LogP contribution in [0.3, 0.4) is 0 Å². The van der Waals surface area contributed by atoms with Crippen molar-refractivity contribution in [3.63, 3.8) is 0 Å². The van der Waals surface area contributed by atoms with E-state index in [-0.39, 0.29) is 11.3 Å². The average molecular weight is 282 g/mol. The number of amides is 1. The van der Waals surface area contributed by atoms with Gasteiger partial charge in [0.25, 0.3) is 0 Å². The monoisotopic (exact) mass is 282 g/mol. The van der Waals surface area contributed by atoms with Crippen LogP contribution in [-0.4, -0.2) is 68.1 Å². The summed E-state index contributed by atoms with van der Waals surface area (Å²) in [6, 6.07) is 0.326. The molecule has 0 radical (unpaired) electrons. The summed E-state index contributed by atoms with van der Waals surface area (Å²) in [5, 5.41) is 3.14. The number of nitrogens with one attached hydrogen (secondary N) is 1. The standard InChI is InChI=1S/C15H30N4O/c1-15(5-9-18(2)10-6-15)12-17-14(20)11-19-7-3-13(16)4-8-19/h13H,3-12,16H2,1-2H3,(H,17,20). The summed E-state index contributed by atoms with van der Waals surface area (Å²) < 4.78 is 0. The molecule has 0 saturated carbocycles. The van der Waals surface area contributed by atoms with Crippen LogP contribution in [0.15, 0.2) is 0 Å². The van der Waals surface area contributed by atoms with Gasteiger partial charge in [0, 0.05) is 25.7 Å². The van der Waals surface area contributed by atoms with E-state index < -0.39 is 0 Å². The number of hydrogen-bond acceptors (Lipinski definition) is 4. The quantitative estimate of drug-likeness (QED) is 0.776. The van der Waals surface area contributed by atoms with Crippen LogP contribution < -0.4 is 11.1 Å². The molecule has 2 heterocycles. The first kappa shape index (κ1) is 15.7. The molecule has 2 rings (SSSR count). The molecule has 5 heteroatoms. The van der Waals surface area contributed by atoms with Crippen molar-refractivity contribution in [2.45, 2.75) is 38.6 Å². The lowest BCUT2D eigenvalue weighted by Gasteiger charge is -2.38. The van der Waals surface area contributed by atoms with Crippen molar-refractivity contribution in [2.75, 3.05) is 46.3 Å². The molecular formula is C15H30N4O. The molecule has 2 aliphatic heterocycles. The molecule has 0 unspecified atom stereocenters. The van der Waals surface area contributed by atoms with Gasteiger partial charge in [0.15, 0.2) is 0 Å². The second kappa shape index (κ2) is 6.87. The second-order valence-corrected chi connectivity index (χ2v) is 7.00. The summed E-state index contributed by atoms with van der Waals surface area (Å²) in [7, 11) is 2.17. The van der Waals surface area contributed by atoms with Crippen LogP contribution in [0.5, 0.6) is 0 Å². The van der Waals surface area contributed by atoms with E-state index in [1.54, 1.807) is 0 Å². The zero-order valence-corrected chi connectivity index (χ0v) is 13.0. The van der Waals surface area contributed by atoms with Crippen LogP contribution in [0, 0.1) is 5.41 Å². The van der Waals surface area contributed by atoms with Gasteiger partial charge in [-0.15, -0.1) is 0 Å². The minimum Gasteiger partial charge on any atom is -0.354 e. The van der Waals surface area contributed by atoms with Gasteiger partial charge >= 0.3 is 0 Å². The van der Waals surface area contributed by atoms with Crippen LogP contribution in [0.2, 0.25) is 0 Å². The van der Waals surface area contributed by atoms with E-state index in [4.69, 9.17) is 5.73 Å². The molecule has 20 heavy (non-hydrogen) atoms. The number of nitrogens with zero attached hydrogens (tertiary/aromatic N) is 2. The van der Waals surface area contributed by atoms with Crippen molar-refractivity contribution in [1.29, 1.82) is 0 Å². The highest BCUT2D eigenvalue weighted by Gasteiger charge is 2.29. The van der Waals surface area contributed by atoms with Gasteiger partial charge in [-0.3, -0.25) is 9.69 Å². The van der Waals surface area contributed by atoms with E-state index in [1.807, 2.05) is 0 Å². The molecule has 0 aromatic rings. The molecule has 0 aliphatic carbocycles. The largest absolute Gasteiger partial charge is 0.354 e. The third-order valence-electron chi connectivity index (χ3n) is 4.91. The lowest BCUT2D eigenvalue weighted by molar-refractivity contribution is -0.123. The van der Waals surface area contributed by atoms with Gasteiger partial charge in [-0.1, -0.05) is 6.92 Å². The predicted molar refractivity (Wildman–Crippen MR) is 81.5 cm³/mol. The van der Waals surface area contributed by atoms with Crippen LogP contribution >= 0.6 is 0 Å². The summed E-state index contributed by atoms with van der Waals surface area (Å²) in [4.78, 5) is 16.6. The van der Waals surface area contributed by atoms with Gasteiger partial charge in [-0.25, -0.2) is 0 Å². The fourth-order valence-corrected chi connectivity index (χ4v) is 3.02. The molecular weight excluding hydrogens is 252 g/mol. The first-order valence-electron chi connectivity index (χ1n) is 7.90. The number of hydrogen-bond donors (Lipinski definition) is 2. The van der Waals surface area contributed by atoms with Gasteiger partial charge in [0.05, 0.1) is 6.54 Å². The molecule has 0 spiro atoms. The fourth-order valence-electron chi connectivity index (χ4n) is 3.02. The zero-order chi connectivity index (χ0) is 14.6. The molecule has 2 saturated heterocycles. The van der Waals surface area contributed by atoms with Crippen molar-refractivity contribution in [2.24, 2.45) is 11.1 Å². The number of rotatable bonds is 4. The maximum absolute atomic E-state index is 12.0. The third-order valence-corrected chi connectivity index (χ3v) is 4.91. The Bertz CT molecular complexity index is 318. The first-order valence-corrected chi connectivity index (χ1v) is 7.90. The number of likely N-dealkylation sites (tertiary alicyclic amines) is 2. The van der Waals surface area contributed by atoms with E-state index in [2.05, 4.69) is 29.1 Å². The average Bonchev–Trinajstić information content (AvgIpc) is 2.43.